The molecule has 0 fully saturated rings. The number of hydrogen-bond acceptors (Lipinski definition) is 4. The minimum Gasteiger partial charge on any atom is -0.489 e. The second kappa shape index (κ2) is 8.85. The summed E-state index contributed by atoms with van der Waals surface area (Å²) in [5, 5.41) is 10.1. The van der Waals surface area contributed by atoms with Crippen LogP contribution in [0.4, 0.5) is 4.39 Å². The molecule has 5 nitrogen and oxygen atoms in total. The van der Waals surface area contributed by atoms with Gasteiger partial charge in [0.1, 0.15) is 23.8 Å². The third-order valence-corrected chi connectivity index (χ3v) is 5.47. The predicted octanol–water partition coefficient (Wildman–Crippen LogP) is 5.52. The average molecular weight is 433 g/mol. The van der Waals surface area contributed by atoms with Crippen molar-refractivity contribution in [2.24, 2.45) is 5.73 Å². The number of aryl methyl sites for hydroxylation is 2. The number of carboxylic acids is 1. The number of halogens is 1. The average Bonchev–Trinajstić information content (AvgIpc) is 3.14. The zero-order valence-corrected chi connectivity index (χ0v) is 17.9. The first-order valence-corrected chi connectivity index (χ1v) is 10.3. The van der Waals surface area contributed by atoms with E-state index in [2.05, 4.69) is 0 Å². The van der Waals surface area contributed by atoms with Crippen LogP contribution < -0.4 is 10.5 Å². The van der Waals surface area contributed by atoms with Crippen molar-refractivity contribution >= 4 is 16.9 Å². The van der Waals surface area contributed by atoms with Gasteiger partial charge in [0.2, 0.25) is 0 Å². The van der Waals surface area contributed by atoms with Crippen molar-refractivity contribution in [1.29, 1.82) is 0 Å². The van der Waals surface area contributed by atoms with Crippen molar-refractivity contribution in [3.05, 3.63) is 88.4 Å². The smallest absolute Gasteiger partial charge is 0.307 e. The number of aliphatic carboxylic acids is 1. The van der Waals surface area contributed by atoms with Crippen LogP contribution in [0.5, 0.6) is 5.75 Å². The fraction of sp³-hybridized carbons (Fsp3) is 0.192. The predicted molar refractivity (Wildman–Crippen MR) is 121 cm³/mol. The number of hydrogen-bond donors (Lipinski definition) is 2. The highest BCUT2D eigenvalue weighted by atomic mass is 19.1. The summed E-state index contributed by atoms with van der Waals surface area (Å²) in [6.45, 7) is 4.15. The van der Waals surface area contributed by atoms with Gasteiger partial charge in [-0.15, -0.1) is 0 Å². The molecule has 0 spiro atoms. The van der Waals surface area contributed by atoms with E-state index in [1.807, 2.05) is 38.1 Å². The van der Waals surface area contributed by atoms with Crippen molar-refractivity contribution < 1.29 is 23.4 Å². The number of rotatable bonds is 7. The Kier molecular flexibility index (Phi) is 5.97. The third kappa shape index (κ3) is 4.22. The highest BCUT2D eigenvalue weighted by Gasteiger charge is 2.17. The highest BCUT2D eigenvalue weighted by molar-refractivity contribution is 5.95. The van der Waals surface area contributed by atoms with E-state index in [4.69, 9.17) is 14.9 Å². The van der Waals surface area contributed by atoms with E-state index < -0.39 is 5.97 Å². The SMILES string of the molecule is Cc1ccc(CC(=O)O)c(OCc2cc(-c3cccc(CN)c3F)c3occ(C)c3c2)c1. The molecule has 32 heavy (non-hydrogen) atoms. The maximum atomic E-state index is 15.1. The lowest BCUT2D eigenvalue weighted by atomic mass is 9.97. The number of nitrogens with two attached hydrogens (primary N) is 1. The van der Waals surface area contributed by atoms with Gasteiger partial charge in [0.25, 0.3) is 0 Å². The second-order valence-corrected chi connectivity index (χ2v) is 7.89. The van der Waals surface area contributed by atoms with Gasteiger partial charge in [-0.1, -0.05) is 30.3 Å². The lowest BCUT2D eigenvalue weighted by Gasteiger charge is -2.14. The molecule has 0 aliphatic heterocycles. The standard InChI is InChI=1S/C26H24FNO4/c1-15-6-7-18(11-24(29)30)23(8-15)31-14-17-9-21-16(2)13-32-26(21)22(10-17)20-5-3-4-19(12-28)25(20)27/h3-10,13H,11-12,14,28H2,1-2H3,(H,29,30). The summed E-state index contributed by atoms with van der Waals surface area (Å²) in [6.07, 6.45) is 1.52. The zero-order chi connectivity index (χ0) is 22.8. The third-order valence-electron chi connectivity index (χ3n) is 5.47. The number of carbonyl (C=O) groups is 1. The summed E-state index contributed by atoms with van der Waals surface area (Å²) in [7, 11) is 0. The van der Waals surface area contributed by atoms with Crippen LogP contribution in [0.25, 0.3) is 22.1 Å². The molecule has 164 valence electrons. The molecule has 0 atom stereocenters. The lowest BCUT2D eigenvalue weighted by Crippen LogP contribution is -2.05. The molecule has 0 aliphatic rings. The molecule has 0 saturated heterocycles. The first kappa shape index (κ1) is 21.6. The molecule has 6 heteroatoms. The maximum Gasteiger partial charge on any atom is 0.307 e. The van der Waals surface area contributed by atoms with Crippen LogP contribution in [0.3, 0.4) is 0 Å². The molecule has 0 aliphatic carbocycles. The Morgan fingerprint density at radius 3 is 2.66 bits per heavy atom. The van der Waals surface area contributed by atoms with E-state index in [0.717, 1.165) is 22.1 Å². The Morgan fingerprint density at radius 2 is 1.91 bits per heavy atom. The molecule has 1 heterocycles. The highest BCUT2D eigenvalue weighted by Crippen LogP contribution is 2.35. The molecule has 0 saturated carbocycles. The number of furan rings is 1. The maximum absolute atomic E-state index is 15.1. The van der Waals surface area contributed by atoms with Crippen molar-refractivity contribution in [3.8, 4) is 16.9 Å². The van der Waals surface area contributed by atoms with E-state index in [1.165, 1.54) is 0 Å². The molecule has 0 bridgehead atoms. The molecule has 0 amide bonds. The molecule has 0 unspecified atom stereocenters. The van der Waals surface area contributed by atoms with E-state index in [1.54, 1.807) is 30.5 Å². The Morgan fingerprint density at radius 1 is 1.09 bits per heavy atom. The van der Waals surface area contributed by atoms with E-state index in [0.29, 0.717) is 33.6 Å². The van der Waals surface area contributed by atoms with E-state index in [9.17, 15) is 9.90 Å². The van der Waals surface area contributed by atoms with Crippen LogP contribution in [0.15, 0.2) is 59.2 Å². The molecule has 4 aromatic rings. The zero-order valence-electron chi connectivity index (χ0n) is 17.9. The normalized spacial score (nSPS) is 11.1. The minimum atomic E-state index is -0.924. The van der Waals surface area contributed by atoms with Gasteiger partial charge in [0, 0.05) is 34.2 Å². The Labute approximate surface area is 185 Å². The Hall–Kier alpha value is -3.64. The van der Waals surface area contributed by atoms with Gasteiger partial charge >= 0.3 is 5.97 Å². The fourth-order valence-corrected chi connectivity index (χ4v) is 3.81. The summed E-state index contributed by atoms with van der Waals surface area (Å²) in [4.78, 5) is 11.2. The molecular formula is C26H24FNO4. The molecule has 1 aromatic heterocycles. The number of benzene rings is 3. The topological polar surface area (TPSA) is 85.7 Å². The first-order chi connectivity index (χ1) is 15.4. The summed E-state index contributed by atoms with van der Waals surface area (Å²) >= 11 is 0. The molecule has 4 rings (SSSR count). The minimum absolute atomic E-state index is 0.0997. The van der Waals surface area contributed by atoms with E-state index in [-0.39, 0.29) is 25.4 Å². The van der Waals surface area contributed by atoms with Crippen LogP contribution in [-0.2, 0) is 24.4 Å². The lowest BCUT2D eigenvalue weighted by molar-refractivity contribution is -0.136. The summed E-state index contributed by atoms with van der Waals surface area (Å²) in [5.74, 6) is -0.771. The summed E-state index contributed by atoms with van der Waals surface area (Å²) in [5.41, 5.74) is 11.1. The van der Waals surface area contributed by atoms with Crippen LogP contribution in [0, 0.1) is 19.7 Å². The second-order valence-electron chi connectivity index (χ2n) is 7.89. The Bertz CT molecular complexity index is 1310. The number of fused-ring (bicyclic) bond motifs is 1. The largest absolute Gasteiger partial charge is 0.489 e. The van der Waals surface area contributed by atoms with E-state index >= 15 is 4.39 Å². The van der Waals surface area contributed by atoms with Crippen LogP contribution in [-0.4, -0.2) is 11.1 Å². The van der Waals surface area contributed by atoms with Crippen molar-refractivity contribution in [3.63, 3.8) is 0 Å². The summed E-state index contributed by atoms with van der Waals surface area (Å²) in [6, 6.07) is 14.4. The summed E-state index contributed by atoms with van der Waals surface area (Å²) < 4.78 is 26.9. The van der Waals surface area contributed by atoms with Crippen LogP contribution in [0.2, 0.25) is 0 Å². The van der Waals surface area contributed by atoms with Gasteiger partial charge in [-0.05, 0) is 48.7 Å². The molecular weight excluding hydrogens is 409 g/mol. The monoisotopic (exact) mass is 433 g/mol. The van der Waals surface area contributed by atoms with Crippen LogP contribution in [0.1, 0.15) is 27.8 Å². The number of ether oxygens (including phenoxy) is 1. The van der Waals surface area contributed by atoms with Crippen LogP contribution >= 0.6 is 0 Å². The quantitative estimate of drug-likeness (QED) is 0.401. The molecule has 3 aromatic carbocycles. The van der Waals surface area contributed by atoms with Gasteiger partial charge < -0.3 is 20.0 Å². The Balaban J connectivity index is 1.75. The van der Waals surface area contributed by atoms with Gasteiger partial charge in [-0.25, -0.2) is 4.39 Å². The van der Waals surface area contributed by atoms with Gasteiger partial charge in [0.15, 0.2) is 0 Å². The van der Waals surface area contributed by atoms with Crippen molar-refractivity contribution in [2.75, 3.05) is 0 Å². The molecule has 0 radical (unpaired) electrons. The van der Waals surface area contributed by atoms with Crippen molar-refractivity contribution in [1.82, 2.24) is 0 Å². The fourth-order valence-electron chi connectivity index (χ4n) is 3.81. The van der Waals surface area contributed by atoms with Crippen molar-refractivity contribution in [2.45, 2.75) is 33.4 Å². The van der Waals surface area contributed by atoms with Gasteiger partial charge in [-0.3, -0.25) is 4.79 Å². The molecule has 3 N–H and O–H groups in total. The first-order valence-electron chi connectivity index (χ1n) is 10.3. The van der Waals surface area contributed by atoms with Gasteiger partial charge in [-0.2, -0.15) is 0 Å². The number of carboxylic acid groups (broad SMARTS) is 1. The van der Waals surface area contributed by atoms with Gasteiger partial charge in [0.05, 0.1) is 12.7 Å².